The van der Waals surface area contributed by atoms with Crippen LogP contribution in [0.25, 0.3) is 22.4 Å². The van der Waals surface area contributed by atoms with E-state index in [0.717, 1.165) is 35.3 Å². The molecule has 0 fully saturated rings. The Balaban J connectivity index is 1.61. The number of aryl methyl sites for hydroxylation is 2. The number of pyridine rings is 1. The van der Waals surface area contributed by atoms with Crippen molar-refractivity contribution in [3.05, 3.63) is 66.1 Å². The van der Waals surface area contributed by atoms with Gasteiger partial charge in [0.15, 0.2) is 11.5 Å². The Morgan fingerprint density at radius 1 is 1.07 bits per heavy atom. The van der Waals surface area contributed by atoms with Gasteiger partial charge in [-0.05, 0) is 42.5 Å². The fourth-order valence-corrected chi connectivity index (χ4v) is 3.83. The maximum Gasteiger partial charge on any atom is 0.164 e. The van der Waals surface area contributed by atoms with Crippen LogP contribution < -0.4 is 5.32 Å². The highest BCUT2D eigenvalue weighted by atomic mass is 15.3. The Morgan fingerprint density at radius 2 is 1.93 bits per heavy atom. The van der Waals surface area contributed by atoms with Crippen LogP contribution in [0.1, 0.15) is 30.0 Å². The fraction of sp³-hybridized carbons (Fsp3) is 0.238. The number of hydrogen-bond acceptors (Lipinski definition) is 5. The van der Waals surface area contributed by atoms with Gasteiger partial charge >= 0.3 is 0 Å². The smallest absolute Gasteiger partial charge is 0.164 e. The molecule has 0 saturated heterocycles. The predicted molar refractivity (Wildman–Crippen MR) is 105 cm³/mol. The highest BCUT2D eigenvalue weighted by Gasteiger charge is 2.22. The predicted octanol–water partition coefficient (Wildman–Crippen LogP) is 3.91. The first-order chi connectivity index (χ1) is 13.3. The number of benzene rings is 1. The Hall–Kier alpha value is -3.28. The summed E-state index contributed by atoms with van der Waals surface area (Å²) in [5, 5.41) is 9.02. The van der Waals surface area contributed by atoms with Gasteiger partial charge in [0, 0.05) is 25.0 Å². The molecule has 0 bridgehead atoms. The molecule has 0 aliphatic heterocycles. The average molecular weight is 356 g/mol. The van der Waals surface area contributed by atoms with Gasteiger partial charge < -0.3 is 5.32 Å². The van der Waals surface area contributed by atoms with Gasteiger partial charge in [0.05, 0.1) is 17.6 Å². The van der Waals surface area contributed by atoms with Crippen LogP contribution in [0.3, 0.4) is 0 Å². The third-order valence-corrected chi connectivity index (χ3v) is 5.21. The lowest BCUT2D eigenvalue weighted by Gasteiger charge is -2.27. The van der Waals surface area contributed by atoms with E-state index in [1.807, 2.05) is 25.4 Å². The van der Waals surface area contributed by atoms with Gasteiger partial charge in [0.1, 0.15) is 5.82 Å². The minimum Gasteiger partial charge on any atom is -0.363 e. The molecule has 0 radical (unpaired) electrons. The molecular formula is C21H20N6. The fourth-order valence-electron chi connectivity index (χ4n) is 3.83. The summed E-state index contributed by atoms with van der Waals surface area (Å²) in [5.74, 6) is 1.52. The van der Waals surface area contributed by atoms with Crippen LogP contribution in [-0.2, 0) is 13.5 Å². The maximum absolute atomic E-state index is 4.85. The van der Waals surface area contributed by atoms with Crippen molar-refractivity contribution in [1.29, 1.82) is 0 Å². The number of nitrogens with one attached hydrogen (secondary N) is 1. The van der Waals surface area contributed by atoms with Crippen molar-refractivity contribution in [2.45, 2.75) is 25.3 Å². The molecule has 0 saturated carbocycles. The van der Waals surface area contributed by atoms with Crippen LogP contribution >= 0.6 is 0 Å². The maximum atomic E-state index is 4.85. The molecule has 6 nitrogen and oxygen atoms in total. The van der Waals surface area contributed by atoms with Crippen LogP contribution in [-0.4, -0.2) is 24.7 Å². The number of rotatable bonds is 3. The van der Waals surface area contributed by atoms with Crippen molar-refractivity contribution >= 4 is 16.9 Å². The normalized spacial score (nSPS) is 16.3. The molecule has 1 atom stereocenters. The summed E-state index contributed by atoms with van der Waals surface area (Å²) in [7, 11) is 1.91. The van der Waals surface area contributed by atoms with Crippen molar-refractivity contribution in [1.82, 2.24) is 24.7 Å². The Kier molecular flexibility index (Phi) is 3.81. The van der Waals surface area contributed by atoms with Gasteiger partial charge in [0.2, 0.25) is 0 Å². The number of fused-ring (bicyclic) bond motifs is 2. The van der Waals surface area contributed by atoms with Crippen molar-refractivity contribution in [2.75, 3.05) is 5.32 Å². The minimum atomic E-state index is 0.249. The highest BCUT2D eigenvalue weighted by Crippen LogP contribution is 2.34. The summed E-state index contributed by atoms with van der Waals surface area (Å²) in [4.78, 5) is 13.7. The molecule has 27 heavy (non-hydrogen) atoms. The van der Waals surface area contributed by atoms with E-state index >= 15 is 0 Å². The molecule has 1 unspecified atom stereocenters. The first-order valence-corrected chi connectivity index (χ1v) is 9.24. The van der Waals surface area contributed by atoms with E-state index in [-0.39, 0.29) is 6.04 Å². The number of nitrogens with zero attached hydrogens (tertiary/aromatic N) is 5. The van der Waals surface area contributed by atoms with Crippen LogP contribution in [0.2, 0.25) is 0 Å². The molecule has 0 spiro atoms. The molecule has 134 valence electrons. The van der Waals surface area contributed by atoms with Gasteiger partial charge in [-0.3, -0.25) is 9.67 Å². The molecule has 1 aliphatic carbocycles. The molecule has 1 aliphatic rings. The quantitative estimate of drug-likeness (QED) is 0.603. The van der Waals surface area contributed by atoms with E-state index in [4.69, 9.17) is 9.97 Å². The standard InChI is InChI=1S/C21H20N6/c1-27-21-17(13-23-27)20(25-19(26-21)15-9-11-22-12-10-15)24-18-8-4-6-14-5-2-3-7-16(14)18/h2-3,5,7,9-13,18H,4,6,8H2,1H3,(H,24,25,26). The number of aromatic nitrogens is 5. The molecule has 1 N–H and O–H groups in total. The van der Waals surface area contributed by atoms with Gasteiger partial charge in [-0.15, -0.1) is 0 Å². The lowest BCUT2D eigenvalue weighted by Crippen LogP contribution is -2.18. The zero-order chi connectivity index (χ0) is 18.2. The summed E-state index contributed by atoms with van der Waals surface area (Å²) in [6.45, 7) is 0. The van der Waals surface area contributed by atoms with Gasteiger partial charge in [-0.2, -0.15) is 5.10 Å². The lowest BCUT2D eigenvalue weighted by atomic mass is 9.88. The third kappa shape index (κ3) is 2.83. The van der Waals surface area contributed by atoms with E-state index in [0.29, 0.717) is 5.82 Å². The Bertz CT molecular complexity index is 1100. The summed E-state index contributed by atoms with van der Waals surface area (Å²) in [6.07, 6.45) is 8.76. The number of anilines is 1. The van der Waals surface area contributed by atoms with E-state index in [1.165, 1.54) is 17.5 Å². The monoisotopic (exact) mass is 356 g/mol. The van der Waals surface area contributed by atoms with Crippen molar-refractivity contribution in [3.63, 3.8) is 0 Å². The van der Waals surface area contributed by atoms with Crippen LogP contribution in [0, 0.1) is 0 Å². The van der Waals surface area contributed by atoms with E-state index in [2.05, 4.69) is 39.7 Å². The van der Waals surface area contributed by atoms with Gasteiger partial charge in [0.25, 0.3) is 0 Å². The summed E-state index contributed by atoms with van der Waals surface area (Å²) in [6, 6.07) is 12.8. The number of hydrogen-bond donors (Lipinski definition) is 1. The summed E-state index contributed by atoms with van der Waals surface area (Å²) >= 11 is 0. The topological polar surface area (TPSA) is 68.5 Å². The molecule has 6 heteroatoms. The second-order valence-corrected chi connectivity index (χ2v) is 6.93. The SMILES string of the molecule is Cn1ncc2c(NC3CCCc4ccccc43)nc(-c3ccncc3)nc21. The molecule has 1 aromatic carbocycles. The molecule has 3 heterocycles. The molecular weight excluding hydrogens is 336 g/mol. The van der Waals surface area contributed by atoms with E-state index in [9.17, 15) is 0 Å². The van der Waals surface area contributed by atoms with Crippen molar-refractivity contribution in [2.24, 2.45) is 7.05 Å². The first-order valence-electron chi connectivity index (χ1n) is 9.24. The molecule has 4 aromatic rings. The second-order valence-electron chi connectivity index (χ2n) is 6.93. The molecule has 3 aromatic heterocycles. The van der Waals surface area contributed by atoms with Crippen molar-refractivity contribution < 1.29 is 0 Å². The lowest BCUT2D eigenvalue weighted by molar-refractivity contribution is 0.599. The third-order valence-electron chi connectivity index (χ3n) is 5.21. The van der Waals surface area contributed by atoms with Crippen molar-refractivity contribution in [3.8, 4) is 11.4 Å². The van der Waals surface area contributed by atoms with Crippen LogP contribution in [0.15, 0.2) is 55.0 Å². The zero-order valence-corrected chi connectivity index (χ0v) is 15.1. The highest BCUT2D eigenvalue weighted by molar-refractivity contribution is 5.88. The van der Waals surface area contributed by atoms with E-state index in [1.54, 1.807) is 17.1 Å². The zero-order valence-electron chi connectivity index (χ0n) is 15.1. The molecule has 5 rings (SSSR count). The van der Waals surface area contributed by atoms with Crippen LogP contribution in [0.5, 0.6) is 0 Å². The summed E-state index contributed by atoms with van der Waals surface area (Å²) < 4.78 is 1.79. The summed E-state index contributed by atoms with van der Waals surface area (Å²) in [5.41, 5.74) is 4.56. The van der Waals surface area contributed by atoms with Gasteiger partial charge in [-0.25, -0.2) is 9.97 Å². The Labute approximate surface area is 157 Å². The first kappa shape index (κ1) is 15.9. The van der Waals surface area contributed by atoms with Crippen LogP contribution in [0.4, 0.5) is 5.82 Å². The van der Waals surface area contributed by atoms with E-state index < -0.39 is 0 Å². The molecule has 0 amide bonds. The largest absolute Gasteiger partial charge is 0.363 e. The second kappa shape index (κ2) is 6.46. The van der Waals surface area contributed by atoms with Gasteiger partial charge in [-0.1, -0.05) is 24.3 Å². The average Bonchev–Trinajstić information content (AvgIpc) is 3.10. The minimum absolute atomic E-state index is 0.249. The Morgan fingerprint density at radius 3 is 2.81 bits per heavy atom.